The molecule has 1 aliphatic rings. The number of amides is 2. The van der Waals surface area contributed by atoms with E-state index in [4.69, 9.17) is 12.2 Å². The van der Waals surface area contributed by atoms with Gasteiger partial charge in [0.05, 0.1) is 19.1 Å². The van der Waals surface area contributed by atoms with Gasteiger partial charge in [0, 0.05) is 18.8 Å². The van der Waals surface area contributed by atoms with Crippen LogP contribution in [-0.2, 0) is 27.3 Å². The first-order valence-electron chi connectivity index (χ1n) is 11.7. The first kappa shape index (κ1) is 26.0. The molecule has 3 aromatic carbocycles. The molecule has 190 valence electrons. The SMILES string of the molecule is COC(=O)c1ccc(NC(=O)CC2C(=O)N(CCc3ccccc3)C(=S)N2Cc2ccc(F)cc2)cc1. The fourth-order valence-corrected chi connectivity index (χ4v) is 4.52. The second kappa shape index (κ2) is 11.7. The second-order valence-corrected chi connectivity index (χ2v) is 8.96. The van der Waals surface area contributed by atoms with Crippen LogP contribution < -0.4 is 5.32 Å². The molecule has 4 rings (SSSR count). The summed E-state index contributed by atoms with van der Waals surface area (Å²) in [6, 6.07) is 21.2. The Balaban J connectivity index is 1.49. The Hall–Kier alpha value is -4.11. The number of anilines is 1. The van der Waals surface area contributed by atoms with Gasteiger partial charge in [-0.2, -0.15) is 0 Å². The molecule has 3 aromatic rings. The van der Waals surface area contributed by atoms with Gasteiger partial charge in [0.15, 0.2) is 5.11 Å². The molecule has 1 fully saturated rings. The van der Waals surface area contributed by atoms with Gasteiger partial charge in [-0.1, -0.05) is 42.5 Å². The highest BCUT2D eigenvalue weighted by Gasteiger charge is 2.43. The fraction of sp³-hybridized carbons (Fsp3) is 0.214. The summed E-state index contributed by atoms with van der Waals surface area (Å²) in [6.45, 7) is 0.646. The Labute approximate surface area is 219 Å². The minimum absolute atomic E-state index is 0.124. The van der Waals surface area contributed by atoms with Crippen molar-refractivity contribution in [3.05, 3.63) is 101 Å². The lowest BCUT2D eigenvalue weighted by molar-refractivity contribution is -0.130. The molecule has 0 aromatic heterocycles. The van der Waals surface area contributed by atoms with Crippen molar-refractivity contribution in [2.75, 3.05) is 19.0 Å². The van der Waals surface area contributed by atoms with Gasteiger partial charge < -0.3 is 15.0 Å². The number of carbonyl (C=O) groups excluding carboxylic acids is 3. The summed E-state index contributed by atoms with van der Waals surface area (Å²) in [5.74, 6) is -1.46. The van der Waals surface area contributed by atoms with Gasteiger partial charge in [-0.25, -0.2) is 9.18 Å². The molecule has 0 radical (unpaired) electrons. The number of rotatable bonds is 9. The van der Waals surface area contributed by atoms with E-state index in [-0.39, 0.29) is 30.6 Å². The molecule has 0 bridgehead atoms. The van der Waals surface area contributed by atoms with Crippen molar-refractivity contribution in [1.29, 1.82) is 0 Å². The van der Waals surface area contributed by atoms with Crippen LogP contribution in [0, 0.1) is 5.82 Å². The summed E-state index contributed by atoms with van der Waals surface area (Å²) in [6.07, 6.45) is 0.489. The van der Waals surface area contributed by atoms with E-state index in [1.165, 1.54) is 24.1 Å². The molecule has 1 N–H and O–H groups in total. The largest absolute Gasteiger partial charge is 0.465 e. The van der Waals surface area contributed by atoms with E-state index in [0.717, 1.165) is 11.1 Å². The van der Waals surface area contributed by atoms with Gasteiger partial charge in [0.25, 0.3) is 5.91 Å². The van der Waals surface area contributed by atoms with Crippen molar-refractivity contribution in [1.82, 2.24) is 9.80 Å². The van der Waals surface area contributed by atoms with Crippen LogP contribution in [0.5, 0.6) is 0 Å². The van der Waals surface area contributed by atoms with Gasteiger partial charge in [0.2, 0.25) is 5.91 Å². The summed E-state index contributed by atoms with van der Waals surface area (Å²) in [7, 11) is 1.29. The Morgan fingerprint density at radius 1 is 0.973 bits per heavy atom. The normalized spacial score (nSPS) is 15.1. The molecule has 1 atom stereocenters. The standard InChI is InChI=1S/C28H26FN3O4S/c1-36-27(35)21-9-13-23(14-10-21)30-25(33)17-24-26(34)31(16-15-19-5-3-2-4-6-19)28(37)32(24)18-20-7-11-22(29)12-8-20/h2-14,24H,15-18H2,1H3,(H,30,33). The molecule has 1 saturated heterocycles. The third-order valence-electron chi connectivity index (χ3n) is 6.11. The summed E-state index contributed by atoms with van der Waals surface area (Å²) < 4.78 is 18.1. The van der Waals surface area contributed by atoms with E-state index in [1.54, 1.807) is 41.3 Å². The van der Waals surface area contributed by atoms with E-state index < -0.39 is 12.0 Å². The Bertz CT molecular complexity index is 1280. The molecular weight excluding hydrogens is 493 g/mol. The van der Waals surface area contributed by atoms with Crippen molar-refractivity contribution in [2.45, 2.75) is 25.4 Å². The maximum absolute atomic E-state index is 13.4. The second-order valence-electron chi connectivity index (χ2n) is 8.60. The summed E-state index contributed by atoms with van der Waals surface area (Å²) >= 11 is 5.67. The maximum Gasteiger partial charge on any atom is 0.337 e. The number of carbonyl (C=O) groups is 3. The van der Waals surface area contributed by atoms with Crippen LogP contribution in [0.1, 0.15) is 27.9 Å². The average Bonchev–Trinajstić information content (AvgIpc) is 3.12. The molecule has 0 spiro atoms. The van der Waals surface area contributed by atoms with Crippen LogP contribution in [0.3, 0.4) is 0 Å². The van der Waals surface area contributed by atoms with Crippen molar-refractivity contribution in [2.24, 2.45) is 0 Å². The highest BCUT2D eigenvalue weighted by molar-refractivity contribution is 7.80. The number of nitrogens with zero attached hydrogens (tertiary/aromatic N) is 2. The first-order chi connectivity index (χ1) is 17.9. The monoisotopic (exact) mass is 519 g/mol. The summed E-state index contributed by atoms with van der Waals surface area (Å²) in [5, 5.41) is 3.11. The Morgan fingerprint density at radius 3 is 2.30 bits per heavy atom. The topological polar surface area (TPSA) is 78.9 Å². The van der Waals surface area contributed by atoms with Crippen LogP contribution in [-0.4, -0.2) is 52.4 Å². The van der Waals surface area contributed by atoms with E-state index in [2.05, 4.69) is 10.1 Å². The maximum atomic E-state index is 13.4. The number of halogens is 1. The number of nitrogens with one attached hydrogen (secondary N) is 1. The zero-order valence-electron chi connectivity index (χ0n) is 20.2. The number of benzene rings is 3. The lowest BCUT2D eigenvalue weighted by Crippen LogP contribution is -2.37. The minimum Gasteiger partial charge on any atom is -0.465 e. The zero-order valence-corrected chi connectivity index (χ0v) is 21.0. The van der Waals surface area contributed by atoms with E-state index in [0.29, 0.717) is 29.3 Å². The van der Waals surface area contributed by atoms with Crippen molar-refractivity contribution >= 4 is 40.8 Å². The summed E-state index contributed by atoms with van der Waals surface area (Å²) in [4.78, 5) is 41.3. The van der Waals surface area contributed by atoms with Crippen molar-refractivity contribution < 1.29 is 23.5 Å². The molecule has 1 unspecified atom stereocenters. The predicted octanol–water partition coefficient (Wildman–Crippen LogP) is 4.18. The molecule has 0 aliphatic carbocycles. The smallest absolute Gasteiger partial charge is 0.337 e. The van der Waals surface area contributed by atoms with Crippen LogP contribution in [0.25, 0.3) is 0 Å². The predicted molar refractivity (Wildman–Crippen MR) is 141 cm³/mol. The number of thiocarbonyl (C=S) groups is 1. The van der Waals surface area contributed by atoms with Gasteiger partial charge in [0.1, 0.15) is 11.9 Å². The van der Waals surface area contributed by atoms with Crippen LogP contribution in [0.4, 0.5) is 10.1 Å². The van der Waals surface area contributed by atoms with Crippen molar-refractivity contribution in [3.63, 3.8) is 0 Å². The van der Waals surface area contributed by atoms with Gasteiger partial charge >= 0.3 is 5.97 Å². The summed E-state index contributed by atoms with van der Waals surface area (Å²) in [5.41, 5.74) is 2.68. The highest BCUT2D eigenvalue weighted by atomic mass is 32.1. The highest BCUT2D eigenvalue weighted by Crippen LogP contribution is 2.25. The molecule has 1 aliphatic heterocycles. The molecule has 2 amide bonds. The molecule has 9 heteroatoms. The molecular formula is C28H26FN3O4S. The van der Waals surface area contributed by atoms with Crippen LogP contribution >= 0.6 is 12.2 Å². The molecule has 7 nitrogen and oxygen atoms in total. The van der Waals surface area contributed by atoms with Crippen molar-refractivity contribution in [3.8, 4) is 0 Å². The quantitative estimate of drug-likeness (QED) is 0.338. The van der Waals surface area contributed by atoms with E-state index in [9.17, 15) is 18.8 Å². The number of ether oxygens (including phenoxy) is 1. The molecule has 37 heavy (non-hydrogen) atoms. The third kappa shape index (κ3) is 6.37. The number of hydrogen-bond donors (Lipinski definition) is 1. The van der Waals surface area contributed by atoms with Gasteiger partial charge in [-0.05, 0) is 66.2 Å². The molecule has 0 saturated carbocycles. The van der Waals surface area contributed by atoms with E-state index in [1.807, 2.05) is 30.3 Å². The van der Waals surface area contributed by atoms with Crippen LogP contribution in [0.15, 0.2) is 78.9 Å². The Morgan fingerprint density at radius 2 is 1.65 bits per heavy atom. The fourth-order valence-electron chi connectivity index (χ4n) is 4.14. The minimum atomic E-state index is -0.803. The average molecular weight is 520 g/mol. The number of esters is 1. The zero-order chi connectivity index (χ0) is 26.4. The molecule has 1 heterocycles. The van der Waals surface area contributed by atoms with Crippen LogP contribution in [0.2, 0.25) is 0 Å². The first-order valence-corrected chi connectivity index (χ1v) is 12.1. The third-order valence-corrected chi connectivity index (χ3v) is 6.56. The number of hydrogen-bond acceptors (Lipinski definition) is 5. The lowest BCUT2D eigenvalue weighted by Gasteiger charge is -2.24. The van der Waals surface area contributed by atoms with Gasteiger partial charge in [-0.15, -0.1) is 0 Å². The van der Waals surface area contributed by atoms with E-state index >= 15 is 0 Å². The Kier molecular flexibility index (Phi) is 8.25. The lowest BCUT2D eigenvalue weighted by atomic mass is 10.1. The number of methoxy groups -OCH3 is 1. The van der Waals surface area contributed by atoms with Gasteiger partial charge in [-0.3, -0.25) is 14.5 Å².